The molecule has 142 valence electrons. The molecule has 0 aliphatic rings. The third kappa shape index (κ3) is 3.95. The van der Waals surface area contributed by atoms with Crippen molar-refractivity contribution < 1.29 is 19.1 Å². The minimum absolute atomic E-state index is 0.163. The van der Waals surface area contributed by atoms with Crippen LogP contribution in [0.5, 0.6) is 0 Å². The fourth-order valence-corrected chi connectivity index (χ4v) is 3.12. The molecule has 6 heteroatoms. The van der Waals surface area contributed by atoms with Crippen molar-refractivity contribution in [3.63, 3.8) is 0 Å². The van der Waals surface area contributed by atoms with E-state index in [0.717, 1.165) is 28.4 Å². The molecule has 3 aromatic rings. The maximum Gasteiger partial charge on any atom is 0.336 e. The van der Waals surface area contributed by atoms with E-state index in [9.17, 15) is 9.59 Å². The van der Waals surface area contributed by atoms with Crippen LogP contribution in [0.2, 0.25) is 0 Å². The first-order valence-electron chi connectivity index (χ1n) is 8.80. The molecule has 0 aliphatic heterocycles. The van der Waals surface area contributed by atoms with Gasteiger partial charge in [0.2, 0.25) is 0 Å². The zero-order chi connectivity index (χ0) is 20.1. The van der Waals surface area contributed by atoms with Crippen LogP contribution in [0.25, 0.3) is 32.7 Å². The molecule has 0 N–H and O–H groups in total. The number of nitrogens with zero attached hydrogens (tertiary/aromatic N) is 2. The molecular weight excluding hydrogens is 356 g/mol. The normalized spacial score (nSPS) is 11.5. The fraction of sp³-hybridized carbons (Fsp3) is 0.227. The fourth-order valence-electron chi connectivity index (χ4n) is 3.12. The van der Waals surface area contributed by atoms with Gasteiger partial charge in [0.05, 0.1) is 13.2 Å². The summed E-state index contributed by atoms with van der Waals surface area (Å²) in [6.45, 7) is 9.56. The number of aromatic nitrogens is 1. The summed E-state index contributed by atoms with van der Waals surface area (Å²) >= 11 is 0. The molecule has 0 bridgehead atoms. The lowest BCUT2D eigenvalue weighted by Crippen LogP contribution is -2.11. The second kappa shape index (κ2) is 8.51. The number of Topliss-reactive ketones (excluding diaryl/α,β-unsaturated/α-hetero) is 1. The first-order valence-corrected chi connectivity index (χ1v) is 8.80. The van der Waals surface area contributed by atoms with Crippen molar-refractivity contribution in [2.75, 3.05) is 20.3 Å². The average molecular weight is 376 g/mol. The summed E-state index contributed by atoms with van der Waals surface area (Å²) < 4.78 is 12.3. The molecule has 0 unspecified atom stereocenters. The van der Waals surface area contributed by atoms with Crippen molar-refractivity contribution in [2.24, 2.45) is 0 Å². The first-order chi connectivity index (χ1) is 13.5. The Balaban J connectivity index is 2.04. The van der Waals surface area contributed by atoms with Crippen LogP contribution in [0, 0.1) is 6.57 Å². The van der Waals surface area contributed by atoms with E-state index in [4.69, 9.17) is 16.0 Å². The van der Waals surface area contributed by atoms with Crippen molar-refractivity contribution in [3.8, 4) is 0 Å². The number of hydrogen-bond acceptors (Lipinski definition) is 4. The minimum atomic E-state index is -0.798. The Hall–Kier alpha value is -3.43. The predicted molar refractivity (Wildman–Crippen MR) is 108 cm³/mol. The number of hydrogen-bond donors (Lipinski definition) is 0. The minimum Gasteiger partial charge on any atom is -0.463 e. The number of rotatable bonds is 7. The van der Waals surface area contributed by atoms with Gasteiger partial charge in [-0.15, -0.1) is 0 Å². The zero-order valence-electron chi connectivity index (χ0n) is 15.8. The predicted octanol–water partition coefficient (Wildman–Crippen LogP) is 3.83. The van der Waals surface area contributed by atoms with Crippen LogP contribution in [-0.4, -0.2) is 36.6 Å². The lowest BCUT2D eigenvalue weighted by molar-refractivity contribution is -0.143. The van der Waals surface area contributed by atoms with E-state index in [0.29, 0.717) is 12.2 Å². The largest absolute Gasteiger partial charge is 0.463 e. The van der Waals surface area contributed by atoms with Gasteiger partial charge in [0.25, 0.3) is 5.70 Å². The summed E-state index contributed by atoms with van der Waals surface area (Å²) in [5.74, 6) is -1.07. The molecule has 0 spiro atoms. The van der Waals surface area contributed by atoms with Crippen LogP contribution >= 0.6 is 0 Å². The van der Waals surface area contributed by atoms with Crippen molar-refractivity contribution in [2.45, 2.75) is 13.5 Å². The third-order valence-electron chi connectivity index (χ3n) is 4.35. The van der Waals surface area contributed by atoms with Crippen LogP contribution in [0.4, 0.5) is 0 Å². The number of esters is 1. The highest BCUT2D eigenvalue weighted by molar-refractivity contribution is 6.09. The number of methoxy groups -OCH3 is 1. The topological polar surface area (TPSA) is 61.9 Å². The van der Waals surface area contributed by atoms with Gasteiger partial charge in [-0.1, -0.05) is 24.3 Å². The lowest BCUT2D eigenvalue weighted by Gasteiger charge is -2.06. The summed E-state index contributed by atoms with van der Waals surface area (Å²) in [7, 11) is 1.67. The van der Waals surface area contributed by atoms with E-state index >= 15 is 0 Å². The molecule has 2 aromatic carbocycles. The van der Waals surface area contributed by atoms with Gasteiger partial charge in [0, 0.05) is 35.5 Å². The van der Waals surface area contributed by atoms with E-state index in [1.165, 1.54) is 13.0 Å². The molecule has 6 nitrogen and oxygen atoms in total. The summed E-state index contributed by atoms with van der Waals surface area (Å²) in [4.78, 5) is 26.2. The van der Waals surface area contributed by atoms with E-state index in [2.05, 4.69) is 15.5 Å². The third-order valence-corrected chi connectivity index (χ3v) is 4.35. The number of benzene rings is 2. The highest BCUT2D eigenvalue weighted by Gasteiger charge is 2.14. The van der Waals surface area contributed by atoms with E-state index in [-0.39, 0.29) is 18.1 Å². The summed E-state index contributed by atoms with van der Waals surface area (Å²) in [6.07, 6.45) is 1.48. The monoisotopic (exact) mass is 376 g/mol. The number of ether oxygens (including phenoxy) is 2. The summed E-state index contributed by atoms with van der Waals surface area (Å²) in [5, 5.41) is 2.12. The number of para-hydroxylation sites is 1. The molecular formula is C22H20N2O4. The molecule has 0 fully saturated rings. The van der Waals surface area contributed by atoms with Gasteiger partial charge in [0.15, 0.2) is 5.78 Å². The lowest BCUT2D eigenvalue weighted by atomic mass is 10.1. The molecule has 1 heterocycles. The highest BCUT2D eigenvalue weighted by Crippen LogP contribution is 2.30. The van der Waals surface area contributed by atoms with Crippen molar-refractivity contribution in [1.82, 2.24) is 4.57 Å². The molecule has 28 heavy (non-hydrogen) atoms. The van der Waals surface area contributed by atoms with Gasteiger partial charge in [-0.2, -0.15) is 0 Å². The second-order valence-electron chi connectivity index (χ2n) is 6.36. The van der Waals surface area contributed by atoms with Crippen molar-refractivity contribution in [1.29, 1.82) is 0 Å². The molecule has 1 aromatic heterocycles. The van der Waals surface area contributed by atoms with Crippen LogP contribution in [0.15, 0.2) is 48.2 Å². The SMILES string of the molecule is [C-]#[N+]/C(=C\c1ccc2c(c1)c1ccccc1n2CCOC)C(=O)OCC(C)=O. The molecule has 0 amide bonds. The number of carbonyl (C=O) groups is 2. The maximum absolute atomic E-state index is 12.0. The Morgan fingerprint density at radius 3 is 2.61 bits per heavy atom. The first kappa shape index (κ1) is 19.3. The molecule has 3 rings (SSSR count). The van der Waals surface area contributed by atoms with Crippen LogP contribution in [0.1, 0.15) is 12.5 Å². The van der Waals surface area contributed by atoms with Gasteiger partial charge in [-0.25, -0.2) is 4.85 Å². The van der Waals surface area contributed by atoms with Crippen molar-refractivity contribution >= 4 is 39.6 Å². The van der Waals surface area contributed by atoms with Crippen molar-refractivity contribution in [3.05, 3.63) is 65.1 Å². The van der Waals surface area contributed by atoms with Gasteiger partial charge < -0.3 is 14.0 Å². The van der Waals surface area contributed by atoms with Crippen LogP contribution in [-0.2, 0) is 25.6 Å². The van der Waals surface area contributed by atoms with Crippen LogP contribution < -0.4 is 0 Å². The summed E-state index contributed by atoms with van der Waals surface area (Å²) in [5.41, 5.74) is 2.71. The van der Waals surface area contributed by atoms with Gasteiger partial charge in [-0.3, -0.25) is 9.59 Å². The number of fused-ring (bicyclic) bond motifs is 3. The summed E-state index contributed by atoms with van der Waals surface area (Å²) in [6, 6.07) is 13.9. The molecule has 0 radical (unpaired) electrons. The molecule has 0 atom stereocenters. The van der Waals surface area contributed by atoms with Gasteiger partial charge in [-0.05, 0) is 36.8 Å². The maximum atomic E-state index is 12.0. The van der Waals surface area contributed by atoms with E-state index < -0.39 is 5.97 Å². The molecule has 0 aliphatic carbocycles. The Labute approximate surface area is 162 Å². The van der Waals surface area contributed by atoms with Gasteiger partial charge in [0.1, 0.15) is 6.61 Å². The Kier molecular flexibility index (Phi) is 5.87. The van der Waals surface area contributed by atoms with E-state index in [1.54, 1.807) is 7.11 Å². The molecule has 0 saturated carbocycles. The smallest absolute Gasteiger partial charge is 0.336 e. The second-order valence-corrected chi connectivity index (χ2v) is 6.36. The highest BCUT2D eigenvalue weighted by atomic mass is 16.5. The van der Waals surface area contributed by atoms with E-state index in [1.807, 2.05) is 36.4 Å². The standard InChI is InChI=1S/C22H20N2O4/c1-15(25)14-28-22(26)19(23-2)13-16-8-9-21-18(12-16)17-6-4-5-7-20(17)24(21)10-11-27-3/h4-9,12-13H,10-11,14H2,1,3H3/b19-13-. The Morgan fingerprint density at radius 1 is 1.14 bits per heavy atom. The van der Waals surface area contributed by atoms with Crippen LogP contribution in [0.3, 0.4) is 0 Å². The Bertz CT molecular complexity index is 1120. The zero-order valence-corrected chi connectivity index (χ0v) is 15.8. The Morgan fingerprint density at radius 2 is 1.89 bits per heavy atom. The van der Waals surface area contributed by atoms with Gasteiger partial charge >= 0.3 is 5.97 Å². The average Bonchev–Trinajstić information content (AvgIpc) is 3.01. The number of carbonyl (C=O) groups excluding carboxylic acids is 2. The quantitative estimate of drug-likeness (QED) is 0.357. The number of ketones is 1. The molecule has 0 saturated heterocycles.